The van der Waals surface area contributed by atoms with Crippen LogP contribution in [0.25, 0.3) is 11.0 Å². The minimum Gasteiger partial charge on any atom is -0.450 e. The maximum absolute atomic E-state index is 12.1. The van der Waals surface area contributed by atoms with Gasteiger partial charge in [-0.15, -0.1) is 0 Å². The molecule has 0 aliphatic rings. The van der Waals surface area contributed by atoms with Crippen molar-refractivity contribution in [1.29, 1.82) is 0 Å². The molecule has 0 atom stereocenters. The molecule has 26 heavy (non-hydrogen) atoms. The van der Waals surface area contributed by atoms with Crippen molar-refractivity contribution in [3.05, 3.63) is 75.6 Å². The largest absolute Gasteiger partial charge is 0.450 e. The van der Waals surface area contributed by atoms with Gasteiger partial charge in [0, 0.05) is 11.8 Å². The van der Waals surface area contributed by atoms with E-state index in [0.717, 1.165) is 17.2 Å². The Kier molecular flexibility index (Phi) is 4.84. The van der Waals surface area contributed by atoms with Crippen LogP contribution < -0.4 is 10.7 Å². The Hall–Kier alpha value is -3.41. The smallest absolute Gasteiger partial charge is 0.374 e. The molecule has 1 N–H and O–H groups in total. The lowest BCUT2D eigenvalue weighted by molar-refractivity contribution is -0.119. The molecule has 0 saturated heterocycles. The second kappa shape index (κ2) is 7.23. The fourth-order valence-electron chi connectivity index (χ4n) is 2.47. The van der Waals surface area contributed by atoms with E-state index in [4.69, 9.17) is 9.15 Å². The molecule has 132 valence electrons. The molecule has 2 aromatic carbocycles. The van der Waals surface area contributed by atoms with Crippen LogP contribution in [-0.2, 0) is 9.53 Å². The van der Waals surface area contributed by atoms with Crippen molar-refractivity contribution < 1.29 is 18.7 Å². The summed E-state index contributed by atoms with van der Waals surface area (Å²) >= 11 is 0. The molecule has 0 saturated carbocycles. The predicted octanol–water partition coefficient (Wildman–Crippen LogP) is 3.21. The second-order valence-corrected chi connectivity index (χ2v) is 5.91. The van der Waals surface area contributed by atoms with Gasteiger partial charge in [-0.25, -0.2) is 4.79 Å². The highest BCUT2D eigenvalue weighted by Crippen LogP contribution is 2.15. The zero-order valence-electron chi connectivity index (χ0n) is 14.4. The van der Waals surface area contributed by atoms with E-state index in [1.165, 1.54) is 0 Å². The van der Waals surface area contributed by atoms with E-state index in [-0.39, 0.29) is 11.2 Å². The van der Waals surface area contributed by atoms with Gasteiger partial charge in [-0.3, -0.25) is 9.59 Å². The summed E-state index contributed by atoms with van der Waals surface area (Å²) in [7, 11) is 0. The van der Waals surface area contributed by atoms with Crippen LogP contribution in [0.3, 0.4) is 0 Å². The highest BCUT2D eigenvalue weighted by atomic mass is 16.5. The van der Waals surface area contributed by atoms with Gasteiger partial charge in [-0.2, -0.15) is 0 Å². The first-order chi connectivity index (χ1) is 12.4. The summed E-state index contributed by atoms with van der Waals surface area (Å²) in [4.78, 5) is 36.2. The van der Waals surface area contributed by atoms with Gasteiger partial charge in [-0.1, -0.05) is 29.8 Å². The first-order valence-electron chi connectivity index (χ1n) is 8.01. The molecule has 1 aromatic heterocycles. The van der Waals surface area contributed by atoms with E-state index in [1.807, 2.05) is 26.0 Å². The molecule has 1 heterocycles. The van der Waals surface area contributed by atoms with Crippen LogP contribution in [0.4, 0.5) is 5.69 Å². The maximum Gasteiger partial charge on any atom is 0.374 e. The number of ether oxygens (including phenoxy) is 1. The standard InChI is InChI=1S/C20H17NO5/c1-12-7-8-17-14(9-12)16(22)10-18(26-17)20(24)25-11-19(23)21-15-6-4-3-5-13(15)2/h3-10H,11H2,1-2H3,(H,21,23). The number of fused-ring (bicyclic) bond motifs is 1. The minimum absolute atomic E-state index is 0.241. The number of rotatable bonds is 4. The van der Waals surface area contributed by atoms with E-state index in [9.17, 15) is 14.4 Å². The Balaban J connectivity index is 1.69. The minimum atomic E-state index is -0.871. The monoisotopic (exact) mass is 351 g/mol. The van der Waals surface area contributed by atoms with Gasteiger partial charge in [0.15, 0.2) is 12.0 Å². The number of carbonyl (C=O) groups excluding carboxylic acids is 2. The van der Waals surface area contributed by atoms with E-state index < -0.39 is 18.5 Å². The molecule has 0 bridgehead atoms. The van der Waals surface area contributed by atoms with Crippen molar-refractivity contribution in [3.8, 4) is 0 Å². The van der Waals surface area contributed by atoms with Gasteiger partial charge in [0.05, 0.1) is 5.39 Å². The maximum atomic E-state index is 12.1. The van der Waals surface area contributed by atoms with Gasteiger partial charge in [0.25, 0.3) is 5.91 Å². The average molecular weight is 351 g/mol. The second-order valence-electron chi connectivity index (χ2n) is 5.91. The molecule has 3 rings (SSSR count). The number of aryl methyl sites for hydroxylation is 2. The Morgan fingerprint density at radius 3 is 2.62 bits per heavy atom. The number of hydrogen-bond donors (Lipinski definition) is 1. The molecular weight excluding hydrogens is 334 g/mol. The van der Waals surface area contributed by atoms with Crippen molar-refractivity contribution in [2.24, 2.45) is 0 Å². The zero-order chi connectivity index (χ0) is 18.7. The Bertz CT molecular complexity index is 1050. The fourth-order valence-corrected chi connectivity index (χ4v) is 2.47. The summed E-state index contributed by atoms with van der Waals surface area (Å²) in [6.45, 7) is 3.23. The third-order valence-electron chi connectivity index (χ3n) is 3.84. The quantitative estimate of drug-likeness (QED) is 0.730. The molecule has 0 aliphatic carbocycles. The Labute approximate surface area is 149 Å². The number of esters is 1. The van der Waals surface area contributed by atoms with Crippen LogP contribution in [0.1, 0.15) is 21.7 Å². The van der Waals surface area contributed by atoms with Gasteiger partial charge in [0.1, 0.15) is 5.58 Å². The van der Waals surface area contributed by atoms with E-state index in [0.29, 0.717) is 16.7 Å². The molecule has 0 aliphatic heterocycles. The molecule has 6 nitrogen and oxygen atoms in total. The number of para-hydroxylation sites is 1. The van der Waals surface area contributed by atoms with Crippen molar-refractivity contribution in [3.63, 3.8) is 0 Å². The lowest BCUT2D eigenvalue weighted by Gasteiger charge is -2.08. The van der Waals surface area contributed by atoms with Crippen LogP contribution in [0, 0.1) is 13.8 Å². The lowest BCUT2D eigenvalue weighted by Crippen LogP contribution is -2.21. The van der Waals surface area contributed by atoms with Gasteiger partial charge >= 0.3 is 5.97 Å². The van der Waals surface area contributed by atoms with Crippen molar-refractivity contribution in [2.45, 2.75) is 13.8 Å². The van der Waals surface area contributed by atoms with Gasteiger partial charge in [0.2, 0.25) is 5.76 Å². The molecule has 6 heteroatoms. The topological polar surface area (TPSA) is 85.6 Å². The summed E-state index contributed by atoms with van der Waals surface area (Å²) < 4.78 is 10.4. The van der Waals surface area contributed by atoms with Crippen molar-refractivity contribution >= 4 is 28.5 Å². The average Bonchev–Trinajstić information content (AvgIpc) is 2.62. The summed E-state index contributed by atoms with van der Waals surface area (Å²) in [6.07, 6.45) is 0. The number of anilines is 1. The van der Waals surface area contributed by atoms with Crippen molar-refractivity contribution in [1.82, 2.24) is 0 Å². The lowest BCUT2D eigenvalue weighted by atomic mass is 10.1. The number of carbonyl (C=O) groups is 2. The van der Waals surface area contributed by atoms with Crippen molar-refractivity contribution in [2.75, 3.05) is 11.9 Å². The number of benzene rings is 2. The highest BCUT2D eigenvalue weighted by molar-refractivity contribution is 5.95. The van der Waals surface area contributed by atoms with Crippen LogP contribution in [-0.4, -0.2) is 18.5 Å². The molecule has 3 aromatic rings. The zero-order valence-corrected chi connectivity index (χ0v) is 14.4. The van der Waals surface area contributed by atoms with Gasteiger partial charge < -0.3 is 14.5 Å². The normalized spacial score (nSPS) is 10.5. The van der Waals surface area contributed by atoms with Crippen LogP contribution >= 0.6 is 0 Å². The predicted molar refractivity (Wildman–Crippen MR) is 97.3 cm³/mol. The molecule has 0 fully saturated rings. The third-order valence-corrected chi connectivity index (χ3v) is 3.84. The molecule has 0 spiro atoms. The first-order valence-corrected chi connectivity index (χ1v) is 8.01. The third kappa shape index (κ3) is 3.80. The summed E-state index contributed by atoms with van der Waals surface area (Å²) in [5, 5.41) is 3.04. The fraction of sp³-hybridized carbons (Fsp3) is 0.150. The molecule has 0 radical (unpaired) electrons. The van der Waals surface area contributed by atoms with Crippen LogP contribution in [0.15, 0.2) is 57.7 Å². The molecule has 0 unspecified atom stereocenters. The number of amides is 1. The van der Waals surface area contributed by atoms with E-state index in [2.05, 4.69) is 5.32 Å². The van der Waals surface area contributed by atoms with E-state index in [1.54, 1.807) is 30.3 Å². The number of hydrogen-bond acceptors (Lipinski definition) is 5. The number of nitrogens with one attached hydrogen (secondary N) is 1. The van der Waals surface area contributed by atoms with Gasteiger partial charge in [-0.05, 0) is 37.6 Å². The SMILES string of the molecule is Cc1ccc2oc(C(=O)OCC(=O)Nc3ccccc3C)cc(=O)c2c1. The van der Waals surface area contributed by atoms with Crippen LogP contribution in [0.2, 0.25) is 0 Å². The highest BCUT2D eigenvalue weighted by Gasteiger charge is 2.16. The molecular formula is C20H17NO5. The first kappa shape index (κ1) is 17.4. The Morgan fingerprint density at radius 1 is 1.08 bits per heavy atom. The summed E-state index contributed by atoms with van der Waals surface area (Å²) in [5.41, 5.74) is 2.39. The summed E-state index contributed by atoms with van der Waals surface area (Å²) in [5.74, 6) is -1.59. The molecule has 1 amide bonds. The summed E-state index contributed by atoms with van der Waals surface area (Å²) in [6, 6.07) is 13.4. The Morgan fingerprint density at radius 2 is 1.85 bits per heavy atom. The van der Waals surface area contributed by atoms with Crippen LogP contribution in [0.5, 0.6) is 0 Å². The van der Waals surface area contributed by atoms with E-state index >= 15 is 0 Å².